The average molecular weight is 319 g/mol. The normalized spacial score (nSPS) is 10.2. The number of nitrogens with one attached hydrogen (secondary N) is 1. The molecule has 0 radical (unpaired) electrons. The standard InChI is InChI=1S/C17H15FN2O.ClH/c18-14-6-4-13(5-7-14)17-9-8-16(21-17)12-19-11-15-3-1-2-10-20-15;/h1-10,19H,11-12H2;1H. The summed E-state index contributed by atoms with van der Waals surface area (Å²) in [5, 5.41) is 3.28. The van der Waals surface area contributed by atoms with E-state index in [1.165, 1.54) is 12.1 Å². The minimum absolute atomic E-state index is 0. The molecular weight excluding hydrogens is 303 g/mol. The van der Waals surface area contributed by atoms with Crippen LogP contribution in [0.25, 0.3) is 11.3 Å². The summed E-state index contributed by atoms with van der Waals surface area (Å²) in [4.78, 5) is 4.24. The van der Waals surface area contributed by atoms with Gasteiger partial charge in [-0.15, -0.1) is 12.4 Å². The van der Waals surface area contributed by atoms with E-state index in [2.05, 4.69) is 10.3 Å². The number of benzene rings is 1. The molecule has 0 atom stereocenters. The third-order valence-corrected chi connectivity index (χ3v) is 3.12. The van der Waals surface area contributed by atoms with Crippen molar-refractivity contribution in [1.29, 1.82) is 0 Å². The maximum absolute atomic E-state index is 12.9. The zero-order valence-electron chi connectivity index (χ0n) is 11.8. The van der Waals surface area contributed by atoms with Crippen LogP contribution >= 0.6 is 12.4 Å². The molecule has 2 heterocycles. The van der Waals surface area contributed by atoms with Gasteiger partial charge in [0, 0.05) is 18.3 Å². The van der Waals surface area contributed by atoms with Crippen LogP contribution in [0.3, 0.4) is 0 Å². The summed E-state index contributed by atoms with van der Waals surface area (Å²) in [5.41, 5.74) is 1.86. The van der Waals surface area contributed by atoms with Crippen LogP contribution in [0.4, 0.5) is 4.39 Å². The third-order valence-electron chi connectivity index (χ3n) is 3.12. The SMILES string of the molecule is Cl.Fc1ccc(-c2ccc(CNCc3ccccn3)o2)cc1. The Bertz CT molecular complexity index is 698. The Morgan fingerprint density at radius 3 is 2.50 bits per heavy atom. The van der Waals surface area contributed by atoms with Gasteiger partial charge in [0.05, 0.1) is 12.2 Å². The molecule has 0 unspecified atom stereocenters. The third kappa shape index (κ3) is 4.16. The van der Waals surface area contributed by atoms with Gasteiger partial charge in [-0.05, 0) is 48.5 Å². The van der Waals surface area contributed by atoms with Gasteiger partial charge in [-0.1, -0.05) is 6.07 Å². The highest BCUT2D eigenvalue weighted by Gasteiger charge is 2.05. The molecule has 3 nitrogen and oxygen atoms in total. The molecule has 0 aliphatic carbocycles. The van der Waals surface area contributed by atoms with Gasteiger partial charge in [-0.25, -0.2) is 4.39 Å². The van der Waals surface area contributed by atoms with E-state index in [0.717, 1.165) is 22.8 Å². The molecule has 1 aromatic carbocycles. The average Bonchev–Trinajstić information content (AvgIpc) is 2.98. The Hall–Kier alpha value is -2.17. The van der Waals surface area contributed by atoms with Crippen molar-refractivity contribution in [3.8, 4) is 11.3 Å². The minimum atomic E-state index is -0.248. The molecule has 114 valence electrons. The fourth-order valence-electron chi connectivity index (χ4n) is 2.06. The summed E-state index contributed by atoms with van der Waals surface area (Å²) in [7, 11) is 0. The molecule has 0 amide bonds. The van der Waals surface area contributed by atoms with E-state index in [9.17, 15) is 4.39 Å². The molecule has 0 spiro atoms. The number of halogens is 2. The number of nitrogens with zero attached hydrogens (tertiary/aromatic N) is 1. The van der Waals surface area contributed by atoms with Crippen molar-refractivity contribution in [2.45, 2.75) is 13.1 Å². The largest absolute Gasteiger partial charge is 0.460 e. The summed E-state index contributed by atoms with van der Waals surface area (Å²) >= 11 is 0. The molecule has 1 N–H and O–H groups in total. The van der Waals surface area contributed by atoms with Gasteiger partial charge in [0.25, 0.3) is 0 Å². The first-order valence-corrected chi connectivity index (χ1v) is 6.76. The Labute approximate surface area is 134 Å². The molecule has 3 rings (SSSR count). The first-order valence-electron chi connectivity index (χ1n) is 6.76. The van der Waals surface area contributed by atoms with Crippen molar-refractivity contribution in [2.24, 2.45) is 0 Å². The Kier molecular flexibility index (Phi) is 5.69. The van der Waals surface area contributed by atoms with Gasteiger partial charge in [-0.2, -0.15) is 0 Å². The zero-order chi connectivity index (χ0) is 14.5. The minimum Gasteiger partial charge on any atom is -0.460 e. The van der Waals surface area contributed by atoms with E-state index < -0.39 is 0 Å². The quantitative estimate of drug-likeness (QED) is 0.766. The lowest BCUT2D eigenvalue weighted by molar-refractivity contribution is 0.492. The smallest absolute Gasteiger partial charge is 0.134 e. The lowest BCUT2D eigenvalue weighted by atomic mass is 10.2. The van der Waals surface area contributed by atoms with E-state index in [4.69, 9.17) is 4.42 Å². The van der Waals surface area contributed by atoms with Gasteiger partial charge >= 0.3 is 0 Å². The second-order valence-corrected chi connectivity index (χ2v) is 4.70. The summed E-state index contributed by atoms with van der Waals surface area (Å²) in [6.07, 6.45) is 1.77. The summed E-state index contributed by atoms with van der Waals surface area (Å²) in [6, 6.07) is 15.9. The molecule has 22 heavy (non-hydrogen) atoms. The molecule has 0 bridgehead atoms. The van der Waals surface area contributed by atoms with Crippen LogP contribution in [0.2, 0.25) is 0 Å². The Morgan fingerprint density at radius 2 is 1.77 bits per heavy atom. The number of rotatable bonds is 5. The van der Waals surface area contributed by atoms with Crippen molar-refractivity contribution < 1.29 is 8.81 Å². The fraction of sp³-hybridized carbons (Fsp3) is 0.118. The van der Waals surface area contributed by atoms with Crippen LogP contribution in [0, 0.1) is 5.82 Å². The predicted octanol–water partition coefficient (Wildman–Crippen LogP) is 4.19. The maximum Gasteiger partial charge on any atom is 0.134 e. The number of hydrogen-bond donors (Lipinski definition) is 1. The van der Waals surface area contributed by atoms with Gasteiger partial charge < -0.3 is 9.73 Å². The molecule has 0 saturated heterocycles. The first kappa shape index (κ1) is 16.2. The van der Waals surface area contributed by atoms with E-state index in [1.807, 2.05) is 30.3 Å². The van der Waals surface area contributed by atoms with Gasteiger partial charge in [0.1, 0.15) is 17.3 Å². The van der Waals surface area contributed by atoms with Gasteiger partial charge in [-0.3, -0.25) is 4.98 Å². The van der Waals surface area contributed by atoms with Crippen LogP contribution in [-0.4, -0.2) is 4.98 Å². The second-order valence-electron chi connectivity index (χ2n) is 4.70. The molecule has 5 heteroatoms. The molecule has 0 aliphatic rings. The summed E-state index contributed by atoms with van der Waals surface area (Å²) in [5.74, 6) is 1.33. The topological polar surface area (TPSA) is 38.1 Å². The van der Waals surface area contributed by atoms with Crippen molar-refractivity contribution in [1.82, 2.24) is 10.3 Å². The Morgan fingerprint density at radius 1 is 0.955 bits per heavy atom. The monoisotopic (exact) mass is 318 g/mol. The second kappa shape index (κ2) is 7.73. The molecular formula is C17H16ClFN2O. The zero-order valence-corrected chi connectivity index (χ0v) is 12.6. The molecule has 0 aliphatic heterocycles. The lowest BCUT2D eigenvalue weighted by Crippen LogP contribution is -2.12. The van der Waals surface area contributed by atoms with Gasteiger partial charge in [0.2, 0.25) is 0 Å². The first-order chi connectivity index (χ1) is 10.3. The van der Waals surface area contributed by atoms with E-state index >= 15 is 0 Å². The predicted molar refractivity (Wildman–Crippen MR) is 86.1 cm³/mol. The molecule has 3 aromatic rings. The van der Waals surface area contributed by atoms with Crippen LogP contribution in [0.15, 0.2) is 65.2 Å². The van der Waals surface area contributed by atoms with Crippen molar-refractivity contribution >= 4 is 12.4 Å². The molecule has 0 saturated carbocycles. The van der Waals surface area contributed by atoms with E-state index in [1.54, 1.807) is 18.3 Å². The van der Waals surface area contributed by atoms with Crippen LogP contribution < -0.4 is 5.32 Å². The summed E-state index contributed by atoms with van der Waals surface area (Å²) in [6.45, 7) is 1.31. The van der Waals surface area contributed by atoms with Gasteiger partial charge in [0.15, 0.2) is 0 Å². The number of hydrogen-bond acceptors (Lipinski definition) is 3. The number of pyridine rings is 1. The van der Waals surface area contributed by atoms with Crippen molar-refractivity contribution in [2.75, 3.05) is 0 Å². The van der Waals surface area contributed by atoms with Crippen molar-refractivity contribution in [3.05, 3.63) is 78.1 Å². The summed E-state index contributed by atoms with van der Waals surface area (Å²) < 4.78 is 18.6. The lowest BCUT2D eigenvalue weighted by Gasteiger charge is -2.02. The number of aromatic nitrogens is 1. The highest BCUT2D eigenvalue weighted by Crippen LogP contribution is 2.22. The van der Waals surface area contributed by atoms with Crippen LogP contribution in [0.1, 0.15) is 11.5 Å². The maximum atomic E-state index is 12.9. The van der Waals surface area contributed by atoms with Crippen LogP contribution in [-0.2, 0) is 13.1 Å². The Balaban J connectivity index is 0.00000176. The van der Waals surface area contributed by atoms with Crippen LogP contribution in [0.5, 0.6) is 0 Å². The molecule has 0 fully saturated rings. The van der Waals surface area contributed by atoms with E-state index in [-0.39, 0.29) is 18.2 Å². The highest BCUT2D eigenvalue weighted by atomic mass is 35.5. The number of furan rings is 1. The molecule has 2 aromatic heterocycles. The van der Waals surface area contributed by atoms with E-state index in [0.29, 0.717) is 13.1 Å². The van der Waals surface area contributed by atoms with Crippen molar-refractivity contribution in [3.63, 3.8) is 0 Å². The fourth-order valence-corrected chi connectivity index (χ4v) is 2.06. The highest BCUT2D eigenvalue weighted by molar-refractivity contribution is 5.85.